The first-order valence-corrected chi connectivity index (χ1v) is 4.95. The molecule has 1 heterocycles. The van der Waals surface area contributed by atoms with Crippen LogP contribution in [0.2, 0.25) is 0 Å². The minimum atomic E-state index is 0.551. The molecule has 0 spiro atoms. The fraction of sp³-hybridized carbons (Fsp3) is 0. The molecule has 2 aromatic rings. The van der Waals surface area contributed by atoms with Gasteiger partial charge in [0.05, 0.1) is 22.0 Å². The highest BCUT2D eigenvalue weighted by molar-refractivity contribution is 9.10. The minimum Gasteiger partial charge on any atom is -0.239 e. The van der Waals surface area contributed by atoms with E-state index < -0.39 is 0 Å². The standard InChI is InChI=1S/C9H6BrN5/c10-7-5-12-15(6-7)9-4-2-1-3-8(9)13-14-11/h1-6H. The van der Waals surface area contributed by atoms with E-state index in [9.17, 15) is 0 Å². The molecule has 1 aromatic heterocycles. The molecule has 6 heteroatoms. The van der Waals surface area contributed by atoms with Crippen LogP contribution < -0.4 is 0 Å². The topological polar surface area (TPSA) is 66.6 Å². The number of azide groups is 1. The first-order chi connectivity index (χ1) is 7.31. The van der Waals surface area contributed by atoms with Crippen LogP contribution in [-0.4, -0.2) is 9.78 Å². The van der Waals surface area contributed by atoms with Gasteiger partial charge in [-0.3, -0.25) is 0 Å². The summed E-state index contributed by atoms with van der Waals surface area (Å²) in [5, 5.41) is 7.71. The van der Waals surface area contributed by atoms with Crippen molar-refractivity contribution < 1.29 is 0 Å². The first kappa shape index (κ1) is 9.76. The van der Waals surface area contributed by atoms with Crippen molar-refractivity contribution in [1.29, 1.82) is 0 Å². The second-order valence-electron chi connectivity index (χ2n) is 2.78. The molecule has 1 aromatic carbocycles. The van der Waals surface area contributed by atoms with Crippen LogP contribution in [0.5, 0.6) is 0 Å². The van der Waals surface area contributed by atoms with Gasteiger partial charge in [-0.15, -0.1) is 0 Å². The maximum atomic E-state index is 8.42. The first-order valence-electron chi connectivity index (χ1n) is 4.16. The van der Waals surface area contributed by atoms with Crippen LogP contribution >= 0.6 is 15.9 Å². The van der Waals surface area contributed by atoms with E-state index in [2.05, 4.69) is 31.1 Å². The van der Waals surface area contributed by atoms with Crippen molar-refractivity contribution >= 4 is 21.6 Å². The van der Waals surface area contributed by atoms with Crippen molar-refractivity contribution in [2.24, 2.45) is 5.11 Å². The number of hydrogen-bond donors (Lipinski definition) is 0. The summed E-state index contributed by atoms with van der Waals surface area (Å²) in [7, 11) is 0. The third kappa shape index (κ3) is 2.01. The SMILES string of the molecule is [N-]=[N+]=Nc1ccccc1-n1cc(Br)cn1. The Morgan fingerprint density at radius 1 is 1.40 bits per heavy atom. The zero-order valence-corrected chi connectivity index (χ0v) is 9.16. The second-order valence-corrected chi connectivity index (χ2v) is 3.70. The van der Waals surface area contributed by atoms with Gasteiger partial charge in [0.25, 0.3) is 0 Å². The maximum absolute atomic E-state index is 8.42. The molecule has 0 aliphatic rings. The highest BCUT2D eigenvalue weighted by Gasteiger charge is 2.03. The van der Waals surface area contributed by atoms with Crippen molar-refractivity contribution in [3.05, 3.63) is 51.6 Å². The molecular formula is C9H6BrN5. The number of benzene rings is 1. The molecular weight excluding hydrogens is 258 g/mol. The monoisotopic (exact) mass is 263 g/mol. The molecule has 2 rings (SSSR count). The lowest BCUT2D eigenvalue weighted by molar-refractivity contribution is 0.880. The quantitative estimate of drug-likeness (QED) is 0.464. The number of nitrogens with zero attached hydrogens (tertiary/aromatic N) is 5. The number of halogens is 1. The van der Waals surface area contributed by atoms with Crippen molar-refractivity contribution in [2.75, 3.05) is 0 Å². The van der Waals surface area contributed by atoms with Crippen LogP contribution in [0.3, 0.4) is 0 Å². The molecule has 0 amide bonds. The Morgan fingerprint density at radius 2 is 2.20 bits per heavy atom. The van der Waals surface area contributed by atoms with Gasteiger partial charge in [0.15, 0.2) is 0 Å². The van der Waals surface area contributed by atoms with E-state index in [4.69, 9.17) is 5.53 Å². The van der Waals surface area contributed by atoms with E-state index in [1.807, 2.05) is 18.2 Å². The van der Waals surface area contributed by atoms with Crippen LogP contribution in [0.1, 0.15) is 0 Å². The van der Waals surface area contributed by atoms with Crippen molar-refractivity contribution in [1.82, 2.24) is 9.78 Å². The predicted octanol–water partition coefficient (Wildman–Crippen LogP) is 3.58. The molecule has 0 radical (unpaired) electrons. The molecule has 5 nitrogen and oxygen atoms in total. The van der Waals surface area contributed by atoms with Gasteiger partial charge in [-0.05, 0) is 27.5 Å². The Labute approximate surface area is 94.1 Å². The zero-order valence-electron chi connectivity index (χ0n) is 7.58. The lowest BCUT2D eigenvalue weighted by Gasteiger charge is -2.03. The van der Waals surface area contributed by atoms with Crippen LogP contribution in [0.25, 0.3) is 16.1 Å². The van der Waals surface area contributed by atoms with Gasteiger partial charge in [0.1, 0.15) is 0 Å². The number of para-hydroxylation sites is 1. The Bertz CT molecular complexity index is 527. The molecule has 0 aliphatic carbocycles. The van der Waals surface area contributed by atoms with Gasteiger partial charge in [0, 0.05) is 11.1 Å². The third-order valence-electron chi connectivity index (χ3n) is 1.83. The van der Waals surface area contributed by atoms with Crippen LogP contribution in [0, 0.1) is 0 Å². The summed E-state index contributed by atoms with van der Waals surface area (Å²) in [6.45, 7) is 0. The van der Waals surface area contributed by atoms with E-state index in [1.165, 1.54) is 0 Å². The Balaban J connectivity index is 2.56. The van der Waals surface area contributed by atoms with E-state index in [1.54, 1.807) is 23.1 Å². The molecule has 0 fully saturated rings. The molecule has 0 N–H and O–H groups in total. The number of aromatic nitrogens is 2. The van der Waals surface area contributed by atoms with E-state index in [-0.39, 0.29) is 0 Å². The van der Waals surface area contributed by atoms with Gasteiger partial charge in [-0.1, -0.05) is 23.3 Å². The summed E-state index contributed by atoms with van der Waals surface area (Å²) < 4.78 is 2.52. The highest BCUT2D eigenvalue weighted by atomic mass is 79.9. The second kappa shape index (κ2) is 4.16. The summed E-state index contributed by atoms with van der Waals surface area (Å²) in [5.74, 6) is 0. The minimum absolute atomic E-state index is 0.551. The lowest BCUT2D eigenvalue weighted by Crippen LogP contribution is -1.93. The van der Waals surface area contributed by atoms with Gasteiger partial charge >= 0.3 is 0 Å². The largest absolute Gasteiger partial charge is 0.239 e. The molecule has 15 heavy (non-hydrogen) atoms. The Kier molecular flexibility index (Phi) is 2.71. The van der Waals surface area contributed by atoms with Crippen molar-refractivity contribution in [2.45, 2.75) is 0 Å². The van der Waals surface area contributed by atoms with Crippen molar-refractivity contribution in [3.8, 4) is 5.69 Å². The normalized spacial score (nSPS) is 9.67. The summed E-state index contributed by atoms with van der Waals surface area (Å²) in [5.41, 5.74) is 9.72. The number of rotatable bonds is 2. The van der Waals surface area contributed by atoms with Crippen LogP contribution in [-0.2, 0) is 0 Å². The summed E-state index contributed by atoms with van der Waals surface area (Å²) >= 11 is 3.31. The lowest BCUT2D eigenvalue weighted by atomic mass is 10.3. The van der Waals surface area contributed by atoms with Gasteiger partial charge in [-0.25, -0.2) is 4.68 Å². The molecule has 0 bridgehead atoms. The molecule has 74 valence electrons. The number of hydrogen-bond acceptors (Lipinski definition) is 2. The smallest absolute Gasteiger partial charge is 0.0741 e. The third-order valence-corrected chi connectivity index (χ3v) is 2.24. The van der Waals surface area contributed by atoms with Gasteiger partial charge in [-0.2, -0.15) is 5.10 Å². The average molecular weight is 264 g/mol. The van der Waals surface area contributed by atoms with Crippen LogP contribution in [0.15, 0.2) is 46.2 Å². The van der Waals surface area contributed by atoms with E-state index in [0.717, 1.165) is 10.2 Å². The van der Waals surface area contributed by atoms with Gasteiger partial charge in [0.2, 0.25) is 0 Å². The fourth-order valence-electron chi connectivity index (χ4n) is 1.22. The molecule has 0 atom stereocenters. The zero-order chi connectivity index (χ0) is 10.7. The summed E-state index contributed by atoms with van der Waals surface area (Å²) in [6.07, 6.45) is 3.47. The van der Waals surface area contributed by atoms with Crippen LogP contribution in [0.4, 0.5) is 5.69 Å². The Morgan fingerprint density at radius 3 is 2.87 bits per heavy atom. The Hall–Kier alpha value is -1.78. The molecule has 0 aliphatic heterocycles. The molecule has 0 saturated heterocycles. The predicted molar refractivity (Wildman–Crippen MR) is 60.1 cm³/mol. The van der Waals surface area contributed by atoms with Crippen molar-refractivity contribution in [3.63, 3.8) is 0 Å². The molecule has 0 saturated carbocycles. The average Bonchev–Trinajstić information content (AvgIpc) is 2.66. The van der Waals surface area contributed by atoms with E-state index >= 15 is 0 Å². The van der Waals surface area contributed by atoms with Gasteiger partial charge < -0.3 is 0 Å². The summed E-state index contributed by atoms with van der Waals surface area (Å²) in [6, 6.07) is 7.25. The maximum Gasteiger partial charge on any atom is 0.0741 e. The highest BCUT2D eigenvalue weighted by Crippen LogP contribution is 2.23. The summed E-state index contributed by atoms with van der Waals surface area (Å²) in [4.78, 5) is 2.77. The van der Waals surface area contributed by atoms with E-state index in [0.29, 0.717) is 5.69 Å². The molecule has 0 unspecified atom stereocenters. The fourth-order valence-corrected chi connectivity index (χ4v) is 1.51.